The molecule has 9 heteroatoms. The lowest BCUT2D eigenvalue weighted by molar-refractivity contribution is -0.139. The quantitative estimate of drug-likeness (QED) is 0.567. The molecule has 1 aromatic heterocycles. The SMILES string of the molecule is O=C(NCCN1CCOCC1)C(=O)NCC(c1ccco1)N1CCN(c2ccccc2)CC1. The van der Waals surface area contributed by atoms with Crippen molar-refractivity contribution in [2.45, 2.75) is 6.04 Å². The van der Waals surface area contributed by atoms with Crippen molar-refractivity contribution < 1.29 is 18.7 Å². The fourth-order valence-electron chi connectivity index (χ4n) is 4.32. The van der Waals surface area contributed by atoms with Gasteiger partial charge in [0, 0.05) is 64.6 Å². The van der Waals surface area contributed by atoms with Gasteiger partial charge < -0.3 is 24.7 Å². The lowest BCUT2D eigenvalue weighted by atomic mass is 10.1. The molecule has 1 atom stereocenters. The molecule has 4 rings (SSSR count). The molecule has 2 aliphatic heterocycles. The number of para-hydroxylation sites is 1. The predicted octanol–water partition coefficient (Wildman–Crippen LogP) is 0.708. The Bertz CT molecular complexity index is 862. The van der Waals surface area contributed by atoms with Crippen molar-refractivity contribution in [3.8, 4) is 0 Å². The van der Waals surface area contributed by atoms with Gasteiger partial charge in [-0.1, -0.05) is 18.2 Å². The van der Waals surface area contributed by atoms with Crippen molar-refractivity contribution in [1.29, 1.82) is 0 Å². The molecule has 0 aliphatic carbocycles. The van der Waals surface area contributed by atoms with Crippen molar-refractivity contribution in [2.24, 2.45) is 0 Å². The highest BCUT2D eigenvalue weighted by Crippen LogP contribution is 2.24. The zero-order valence-corrected chi connectivity index (χ0v) is 18.9. The van der Waals surface area contributed by atoms with Gasteiger partial charge in [0.25, 0.3) is 0 Å². The van der Waals surface area contributed by atoms with Crippen LogP contribution in [0.3, 0.4) is 0 Å². The average Bonchev–Trinajstić information content (AvgIpc) is 3.40. The molecule has 33 heavy (non-hydrogen) atoms. The van der Waals surface area contributed by atoms with Gasteiger partial charge in [0.15, 0.2) is 0 Å². The Balaban J connectivity index is 1.25. The number of hydrogen-bond acceptors (Lipinski definition) is 7. The summed E-state index contributed by atoms with van der Waals surface area (Å²) in [5.74, 6) is -0.428. The maximum Gasteiger partial charge on any atom is 0.309 e. The van der Waals surface area contributed by atoms with Crippen LogP contribution in [-0.2, 0) is 14.3 Å². The number of benzene rings is 1. The molecule has 3 heterocycles. The van der Waals surface area contributed by atoms with E-state index in [0.29, 0.717) is 32.8 Å². The lowest BCUT2D eigenvalue weighted by Gasteiger charge is -2.39. The van der Waals surface area contributed by atoms with Crippen LogP contribution in [-0.4, -0.2) is 93.7 Å². The summed E-state index contributed by atoms with van der Waals surface area (Å²) >= 11 is 0. The molecule has 1 unspecified atom stereocenters. The molecule has 0 spiro atoms. The summed E-state index contributed by atoms with van der Waals surface area (Å²) in [5.41, 5.74) is 1.22. The Morgan fingerprint density at radius 3 is 2.30 bits per heavy atom. The van der Waals surface area contributed by atoms with Gasteiger partial charge >= 0.3 is 11.8 Å². The Hall–Kier alpha value is -2.88. The molecule has 9 nitrogen and oxygen atoms in total. The van der Waals surface area contributed by atoms with Crippen molar-refractivity contribution in [3.63, 3.8) is 0 Å². The van der Waals surface area contributed by atoms with Crippen LogP contribution in [0.2, 0.25) is 0 Å². The fourth-order valence-corrected chi connectivity index (χ4v) is 4.32. The van der Waals surface area contributed by atoms with Crippen LogP contribution < -0.4 is 15.5 Å². The Morgan fingerprint density at radius 1 is 0.879 bits per heavy atom. The molecule has 2 N–H and O–H groups in total. The van der Waals surface area contributed by atoms with Crippen LogP contribution in [0.15, 0.2) is 53.1 Å². The van der Waals surface area contributed by atoms with Crippen molar-refractivity contribution in [2.75, 3.05) is 77.0 Å². The van der Waals surface area contributed by atoms with E-state index in [1.807, 2.05) is 18.2 Å². The summed E-state index contributed by atoms with van der Waals surface area (Å²) in [5, 5.41) is 5.51. The van der Waals surface area contributed by atoms with Gasteiger partial charge in [0.1, 0.15) is 5.76 Å². The summed E-state index contributed by atoms with van der Waals surface area (Å²) in [6.45, 7) is 8.03. The van der Waals surface area contributed by atoms with Gasteiger partial charge in [-0.05, 0) is 24.3 Å². The second-order valence-corrected chi connectivity index (χ2v) is 8.31. The van der Waals surface area contributed by atoms with Gasteiger partial charge in [0.05, 0.1) is 25.5 Å². The summed E-state index contributed by atoms with van der Waals surface area (Å²) < 4.78 is 11.0. The molecule has 178 valence electrons. The minimum atomic E-state index is -0.614. The molecule has 1 aromatic carbocycles. The highest BCUT2D eigenvalue weighted by atomic mass is 16.5. The lowest BCUT2D eigenvalue weighted by Crippen LogP contribution is -2.51. The number of carbonyl (C=O) groups is 2. The van der Waals surface area contributed by atoms with E-state index in [1.165, 1.54) is 5.69 Å². The number of piperazine rings is 1. The standard InChI is InChI=1S/C24H33N5O4/c30-23(25-8-9-27-14-17-32-18-15-27)24(31)26-19-21(22-7-4-16-33-22)29-12-10-28(11-13-29)20-5-2-1-3-6-20/h1-7,16,21H,8-15,17-19H2,(H,25,30)(H,26,31). The number of morpholine rings is 1. The van der Waals surface area contributed by atoms with Gasteiger partial charge in [-0.2, -0.15) is 0 Å². The van der Waals surface area contributed by atoms with E-state index >= 15 is 0 Å². The van der Waals surface area contributed by atoms with Crippen LogP contribution in [0.4, 0.5) is 5.69 Å². The smallest absolute Gasteiger partial charge is 0.309 e. The zero-order valence-electron chi connectivity index (χ0n) is 18.9. The number of amides is 2. The first-order valence-corrected chi connectivity index (χ1v) is 11.6. The second-order valence-electron chi connectivity index (χ2n) is 8.31. The molecule has 2 saturated heterocycles. The number of ether oxygens (including phenoxy) is 1. The van der Waals surface area contributed by atoms with Crippen LogP contribution in [0.1, 0.15) is 11.8 Å². The van der Waals surface area contributed by atoms with E-state index in [4.69, 9.17) is 9.15 Å². The minimum Gasteiger partial charge on any atom is -0.468 e. The maximum atomic E-state index is 12.4. The van der Waals surface area contributed by atoms with E-state index in [0.717, 1.165) is 45.0 Å². The van der Waals surface area contributed by atoms with Crippen LogP contribution in [0.25, 0.3) is 0 Å². The molecule has 2 amide bonds. The summed E-state index contributed by atoms with van der Waals surface area (Å²) in [6.07, 6.45) is 1.64. The number of nitrogens with one attached hydrogen (secondary N) is 2. The second kappa shape index (κ2) is 11.8. The van der Waals surface area contributed by atoms with Gasteiger partial charge in [-0.15, -0.1) is 0 Å². The number of rotatable bonds is 8. The van der Waals surface area contributed by atoms with Gasteiger partial charge in [-0.3, -0.25) is 19.4 Å². The predicted molar refractivity (Wildman–Crippen MR) is 125 cm³/mol. The van der Waals surface area contributed by atoms with E-state index in [9.17, 15) is 9.59 Å². The van der Waals surface area contributed by atoms with E-state index < -0.39 is 11.8 Å². The molecule has 2 aliphatic rings. The third-order valence-corrected chi connectivity index (χ3v) is 6.23. The van der Waals surface area contributed by atoms with Crippen molar-refractivity contribution in [1.82, 2.24) is 20.4 Å². The molecular formula is C24H33N5O4. The summed E-state index contributed by atoms with van der Waals surface area (Å²) in [4.78, 5) is 31.5. The molecule has 0 bridgehead atoms. The number of carbonyl (C=O) groups excluding carboxylic acids is 2. The summed E-state index contributed by atoms with van der Waals surface area (Å²) in [6, 6.07) is 14.0. The average molecular weight is 456 g/mol. The van der Waals surface area contributed by atoms with E-state index in [-0.39, 0.29) is 6.04 Å². The van der Waals surface area contributed by atoms with Crippen molar-refractivity contribution in [3.05, 3.63) is 54.5 Å². The normalized spacial score (nSPS) is 18.6. The zero-order chi connectivity index (χ0) is 22.9. The first kappa shape index (κ1) is 23.3. The van der Waals surface area contributed by atoms with E-state index in [2.05, 4.69) is 49.6 Å². The monoisotopic (exact) mass is 455 g/mol. The number of anilines is 1. The minimum absolute atomic E-state index is 0.122. The maximum absolute atomic E-state index is 12.4. The molecule has 0 radical (unpaired) electrons. The molecular weight excluding hydrogens is 422 g/mol. The first-order valence-electron chi connectivity index (χ1n) is 11.6. The number of furan rings is 1. The Morgan fingerprint density at radius 2 is 1.61 bits per heavy atom. The Kier molecular flexibility index (Phi) is 8.35. The topological polar surface area (TPSA) is 90.3 Å². The Labute approximate surface area is 194 Å². The number of hydrogen-bond donors (Lipinski definition) is 2. The van der Waals surface area contributed by atoms with Crippen LogP contribution in [0, 0.1) is 0 Å². The highest BCUT2D eigenvalue weighted by molar-refractivity contribution is 6.35. The molecule has 0 saturated carbocycles. The van der Waals surface area contributed by atoms with Crippen LogP contribution in [0.5, 0.6) is 0 Å². The summed E-state index contributed by atoms with van der Waals surface area (Å²) in [7, 11) is 0. The highest BCUT2D eigenvalue weighted by Gasteiger charge is 2.28. The van der Waals surface area contributed by atoms with Crippen LogP contribution >= 0.6 is 0 Å². The molecule has 2 fully saturated rings. The molecule has 2 aromatic rings. The largest absolute Gasteiger partial charge is 0.468 e. The first-order chi connectivity index (χ1) is 16.2. The number of nitrogens with zero attached hydrogens (tertiary/aromatic N) is 3. The third kappa shape index (κ3) is 6.56. The third-order valence-electron chi connectivity index (χ3n) is 6.23. The van der Waals surface area contributed by atoms with Gasteiger partial charge in [-0.25, -0.2) is 0 Å². The van der Waals surface area contributed by atoms with Crippen molar-refractivity contribution >= 4 is 17.5 Å². The van der Waals surface area contributed by atoms with E-state index in [1.54, 1.807) is 6.26 Å². The fraction of sp³-hybridized carbons (Fsp3) is 0.500. The van der Waals surface area contributed by atoms with Gasteiger partial charge in [0.2, 0.25) is 0 Å².